The van der Waals surface area contributed by atoms with E-state index in [4.69, 9.17) is 11.6 Å². The van der Waals surface area contributed by atoms with Gasteiger partial charge in [0.25, 0.3) is 5.56 Å². The second-order valence-corrected chi connectivity index (χ2v) is 6.41. The summed E-state index contributed by atoms with van der Waals surface area (Å²) >= 11 is 7.76. The monoisotopic (exact) mass is 309 g/mol. The maximum absolute atomic E-state index is 12.4. The summed E-state index contributed by atoms with van der Waals surface area (Å²) in [5, 5.41) is 11.8. The van der Waals surface area contributed by atoms with Crippen molar-refractivity contribution < 1.29 is 0 Å². The van der Waals surface area contributed by atoms with Gasteiger partial charge in [-0.15, -0.1) is 0 Å². The molecule has 2 heterocycles. The number of hydrogen-bond acceptors (Lipinski definition) is 4. The predicted molar refractivity (Wildman–Crippen MR) is 82.6 cm³/mol. The lowest BCUT2D eigenvalue weighted by atomic mass is 10.2. The van der Waals surface area contributed by atoms with E-state index < -0.39 is 0 Å². The van der Waals surface area contributed by atoms with Crippen molar-refractivity contribution in [3.8, 4) is 0 Å². The van der Waals surface area contributed by atoms with Crippen molar-refractivity contribution >= 4 is 28.6 Å². The molecule has 0 saturated heterocycles. The molecule has 1 saturated carbocycles. The first kappa shape index (κ1) is 13.6. The van der Waals surface area contributed by atoms with Crippen molar-refractivity contribution in [3.63, 3.8) is 0 Å². The number of thiophene rings is 1. The Bertz CT molecular complexity index is 649. The van der Waals surface area contributed by atoms with Gasteiger partial charge in [0, 0.05) is 12.6 Å². The van der Waals surface area contributed by atoms with Crippen molar-refractivity contribution in [1.82, 2.24) is 9.78 Å². The summed E-state index contributed by atoms with van der Waals surface area (Å²) in [7, 11) is 0. The number of halogens is 1. The van der Waals surface area contributed by atoms with Gasteiger partial charge in [-0.2, -0.15) is 16.4 Å². The molecule has 20 heavy (non-hydrogen) atoms. The number of hydrogen-bond donors (Lipinski definition) is 1. The van der Waals surface area contributed by atoms with Crippen LogP contribution in [0.25, 0.3) is 0 Å². The average Bonchev–Trinajstić information content (AvgIpc) is 3.07. The molecule has 0 radical (unpaired) electrons. The van der Waals surface area contributed by atoms with E-state index in [9.17, 15) is 4.79 Å². The predicted octanol–water partition coefficient (Wildman–Crippen LogP) is 3.54. The molecule has 0 aliphatic heterocycles. The van der Waals surface area contributed by atoms with Gasteiger partial charge in [-0.1, -0.05) is 11.6 Å². The Morgan fingerprint density at radius 2 is 2.40 bits per heavy atom. The summed E-state index contributed by atoms with van der Waals surface area (Å²) in [6.07, 6.45) is 3.92. The lowest BCUT2D eigenvalue weighted by molar-refractivity contribution is 0.534. The lowest BCUT2D eigenvalue weighted by Crippen LogP contribution is -2.27. The Labute approximate surface area is 126 Å². The van der Waals surface area contributed by atoms with E-state index in [2.05, 4.69) is 15.8 Å². The van der Waals surface area contributed by atoms with Gasteiger partial charge in [0.1, 0.15) is 5.69 Å². The molecule has 0 spiro atoms. The van der Waals surface area contributed by atoms with Crippen LogP contribution in [-0.2, 0) is 6.54 Å². The molecule has 0 aromatic carbocycles. The van der Waals surface area contributed by atoms with Crippen molar-refractivity contribution in [1.29, 1.82) is 0 Å². The minimum atomic E-state index is -0.133. The minimum Gasteiger partial charge on any atom is -0.373 e. The molecule has 0 amide bonds. The van der Waals surface area contributed by atoms with Crippen LogP contribution in [0.1, 0.15) is 31.4 Å². The number of aromatic nitrogens is 2. The van der Waals surface area contributed by atoms with E-state index >= 15 is 0 Å². The maximum Gasteiger partial charge on any atom is 0.291 e. The fourth-order valence-corrected chi connectivity index (χ4v) is 3.03. The first-order valence-electron chi connectivity index (χ1n) is 6.69. The second-order valence-electron chi connectivity index (χ2n) is 5.22. The maximum atomic E-state index is 12.4. The average molecular weight is 310 g/mol. The zero-order valence-corrected chi connectivity index (χ0v) is 12.7. The molecule has 0 bridgehead atoms. The molecule has 1 fully saturated rings. The van der Waals surface area contributed by atoms with Crippen LogP contribution in [0.5, 0.6) is 0 Å². The van der Waals surface area contributed by atoms with E-state index in [1.165, 1.54) is 17.5 Å². The molecule has 1 aliphatic rings. The van der Waals surface area contributed by atoms with E-state index in [1.54, 1.807) is 17.5 Å². The first-order valence-corrected chi connectivity index (χ1v) is 8.01. The van der Waals surface area contributed by atoms with E-state index in [1.807, 2.05) is 18.4 Å². The van der Waals surface area contributed by atoms with Gasteiger partial charge < -0.3 is 5.32 Å². The van der Waals surface area contributed by atoms with Gasteiger partial charge in [-0.05, 0) is 48.1 Å². The normalized spacial score (nSPS) is 16.1. The largest absolute Gasteiger partial charge is 0.373 e. The Hall–Kier alpha value is -1.33. The van der Waals surface area contributed by atoms with Crippen LogP contribution in [0, 0.1) is 5.92 Å². The Kier molecular flexibility index (Phi) is 3.81. The van der Waals surface area contributed by atoms with Crippen LogP contribution in [-0.4, -0.2) is 9.78 Å². The molecule has 1 aliphatic carbocycles. The Balaban J connectivity index is 1.85. The summed E-state index contributed by atoms with van der Waals surface area (Å²) in [6.45, 7) is 2.71. The number of nitrogens with one attached hydrogen (secondary N) is 1. The standard InChI is InChI=1S/C14H16ClN3OS/c1-9(11-4-5-20-8-11)17-13-12(15)6-16-18(14(13)19)7-10-2-3-10/h4-6,8-10,17H,2-3,7H2,1H3. The molecule has 2 aromatic heterocycles. The molecule has 4 nitrogen and oxygen atoms in total. The van der Waals surface area contributed by atoms with Gasteiger partial charge in [0.15, 0.2) is 0 Å². The van der Waals surface area contributed by atoms with Crippen LogP contribution in [0.4, 0.5) is 5.69 Å². The third-order valence-corrected chi connectivity index (χ3v) is 4.52. The molecule has 1 unspecified atom stereocenters. The highest BCUT2D eigenvalue weighted by molar-refractivity contribution is 7.08. The molecule has 1 atom stereocenters. The molecule has 106 valence electrons. The third kappa shape index (κ3) is 2.88. The molecular weight excluding hydrogens is 294 g/mol. The zero-order chi connectivity index (χ0) is 14.1. The molecule has 1 N–H and O–H groups in total. The summed E-state index contributed by atoms with van der Waals surface area (Å²) in [5.74, 6) is 0.600. The van der Waals surface area contributed by atoms with Gasteiger partial charge in [-0.25, -0.2) is 4.68 Å². The minimum absolute atomic E-state index is 0.0447. The SMILES string of the molecule is CC(Nc1c(Cl)cnn(CC2CC2)c1=O)c1ccsc1. The Morgan fingerprint density at radius 1 is 1.60 bits per heavy atom. The van der Waals surface area contributed by atoms with Gasteiger partial charge in [0.2, 0.25) is 0 Å². The van der Waals surface area contributed by atoms with Crippen molar-refractivity contribution in [3.05, 3.63) is 44.0 Å². The highest BCUT2D eigenvalue weighted by atomic mass is 35.5. The number of rotatable bonds is 5. The zero-order valence-electron chi connectivity index (χ0n) is 11.2. The fraction of sp³-hybridized carbons (Fsp3) is 0.429. The lowest BCUT2D eigenvalue weighted by Gasteiger charge is -2.15. The molecule has 6 heteroatoms. The van der Waals surface area contributed by atoms with Crippen LogP contribution in [0.2, 0.25) is 5.02 Å². The summed E-state index contributed by atoms with van der Waals surface area (Å²) in [6, 6.07) is 2.09. The number of nitrogens with zero attached hydrogens (tertiary/aromatic N) is 2. The third-order valence-electron chi connectivity index (χ3n) is 3.53. The van der Waals surface area contributed by atoms with Crippen LogP contribution < -0.4 is 10.9 Å². The molecule has 2 aromatic rings. The summed E-state index contributed by atoms with van der Waals surface area (Å²) in [5.41, 5.74) is 1.46. The van der Waals surface area contributed by atoms with Crippen molar-refractivity contribution in [2.24, 2.45) is 5.92 Å². The van der Waals surface area contributed by atoms with E-state index in [0.717, 1.165) is 5.56 Å². The highest BCUT2D eigenvalue weighted by Crippen LogP contribution is 2.30. The highest BCUT2D eigenvalue weighted by Gasteiger charge is 2.24. The Morgan fingerprint density at radius 3 is 3.05 bits per heavy atom. The summed E-state index contributed by atoms with van der Waals surface area (Å²) < 4.78 is 1.52. The fourth-order valence-electron chi connectivity index (χ4n) is 2.10. The van der Waals surface area contributed by atoms with Gasteiger partial charge in [-0.3, -0.25) is 4.79 Å². The molecular formula is C14H16ClN3OS. The second kappa shape index (κ2) is 5.58. The molecule has 3 rings (SSSR count). The first-order chi connectivity index (χ1) is 9.65. The van der Waals surface area contributed by atoms with Crippen molar-refractivity contribution in [2.75, 3.05) is 5.32 Å². The van der Waals surface area contributed by atoms with Gasteiger partial charge in [0.05, 0.1) is 11.2 Å². The van der Waals surface area contributed by atoms with Crippen LogP contribution in [0.3, 0.4) is 0 Å². The van der Waals surface area contributed by atoms with Crippen LogP contribution in [0.15, 0.2) is 27.8 Å². The smallest absolute Gasteiger partial charge is 0.291 e. The topological polar surface area (TPSA) is 46.9 Å². The van der Waals surface area contributed by atoms with E-state index in [-0.39, 0.29) is 11.6 Å². The van der Waals surface area contributed by atoms with Crippen LogP contribution >= 0.6 is 22.9 Å². The van der Waals surface area contributed by atoms with Gasteiger partial charge >= 0.3 is 0 Å². The number of anilines is 1. The quantitative estimate of drug-likeness (QED) is 0.919. The van der Waals surface area contributed by atoms with Crippen molar-refractivity contribution in [2.45, 2.75) is 32.4 Å². The van der Waals surface area contributed by atoms with E-state index in [0.29, 0.717) is 23.2 Å². The summed E-state index contributed by atoms with van der Waals surface area (Å²) in [4.78, 5) is 12.4.